The van der Waals surface area contributed by atoms with Gasteiger partial charge in [-0.25, -0.2) is 8.42 Å². The van der Waals surface area contributed by atoms with E-state index in [0.29, 0.717) is 31.2 Å². The second-order valence-electron chi connectivity index (χ2n) is 5.77. The molecular weight excluding hydrogens is 304 g/mol. The number of nitrogens with zero attached hydrogens (tertiary/aromatic N) is 2. The number of aromatic nitrogens is 2. The zero-order valence-corrected chi connectivity index (χ0v) is 12.8. The third-order valence-electron chi connectivity index (χ3n) is 4.28. The minimum absolute atomic E-state index is 0.267. The van der Waals surface area contributed by atoms with Crippen LogP contribution in [0.15, 0.2) is 22.7 Å². The first kappa shape index (κ1) is 13.8. The summed E-state index contributed by atoms with van der Waals surface area (Å²) in [5.74, 6) is 2.07. The highest BCUT2D eigenvalue weighted by Crippen LogP contribution is 2.30. The fourth-order valence-electron chi connectivity index (χ4n) is 3.06. The average molecular weight is 320 g/mol. The smallest absolute Gasteiger partial charge is 0.228 e. The van der Waals surface area contributed by atoms with Gasteiger partial charge in [0.15, 0.2) is 9.84 Å². The Morgan fingerprint density at radius 3 is 3.05 bits per heavy atom. The molecule has 0 aliphatic carbocycles. The number of benzene rings is 1. The Kier molecular flexibility index (Phi) is 3.18. The van der Waals surface area contributed by atoms with Gasteiger partial charge in [0.1, 0.15) is 5.75 Å². The molecule has 1 fully saturated rings. The maximum Gasteiger partial charge on any atom is 0.228 e. The molecule has 0 N–H and O–H groups in total. The van der Waals surface area contributed by atoms with E-state index in [1.54, 1.807) is 0 Å². The van der Waals surface area contributed by atoms with Crippen molar-refractivity contribution >= 4 is 9.84 Å². The fourth-order valence-corrected chi connectivity index (χ4v) is 4.89. The molecule has 2 aliphatic rings. The van der Waals surface area contributed by atoms with Crippen molar-refractivity contribution in [3.05, 3.63) is 29.7 Å². The Balaban J connectivity index is 1.57. The van der Waals surface area contributed by atoms with Crippen LogP contribution in [-0.4, -0.2) is 36.2 Å². The molecular formula is C15H16N2O4S. The Labute approximate surface area is 128 Å². The Morgan fingerprint density at radius 2 is 2.23 bits per heavy atom. The molecule has 1 aromatic carbocycles. The standard InChI is InChI=1S/C15H16N2O4S/c18-22(19)7-1-2-12(22)9-14-16-15(17-21-14)11-3-4-13-10(8-11)5-6-20-13/h3-4,8,12H,1-2,5-7,9H2. The second kappa shape index (κ2) is 5.08. The summed E-state index contributed by atoms with van der Waals surface area (Å²) in [6.07, 6.45) is 2.59. The van der Waals surface area contributed by atoms with Gasteiger partial charge in [-0.2, -0.15) is 4.98 Å². The van der Waals surface area contributed by atoms with E-state index in [9.17, 15) is 8.42 Å². The molecule has 0 radical (unpaired) electrons. The molecule has 22 heavy (non-hydrogen) atoms. The average Bonchev–Trinajstić information content (AvgIpc) is 3.19. The quantitative estimate of drug-likeness (QED) is 0.857. The summed E-state index contributed by atoms with van der Waals surface area (Å²) in [5, 5.41) is 3.60. The van der Waals surface area contributed by atoms with E-state index in [1.807, 2.05) is 18.2 Å². The summed E-state index contributed by atoms with van der Waals surface area (Å²) in [6, 6.07) is 5.81. The lowest BCUT2D eigenvalue weighted by atomic mass is 10.1. The summed E-state index contributed by atoms with van der Waals surface area (Å²) in [4.78, 5) is 4.35. The summed E-state index contributed by atoms with van der Waals surface area (Å²) >= 11 is 0. The number of rotatable bonds is 3. The van der Waals surface area contributed by atoms with Crippen molar-refractivity contribution in [3.8, 4) is 17.1 Å². The molecule has 0 spiro atoms. The topological polar surface area (TPSA) is 82.3 Å². The van der Waals surface area contributed by atoms with E-state index >= 15 is 0 Å². The van der Waals surface area contributed by atoms with E-state index in [2.05, 4.69) is 10.1 Å². The van der Waals surface area contributed by atoms with Crippen LogP contribution in [0.5, 0.6) is 5.75 Å². The molecule has 7 heteroatoms. The molecule has 116 valence electrons. The normalized spacial score (nSPS) is 22.5. The van der Waals surface area contributed by atoms with Crippen molar-refractivity contribution in [1.29, 1.82) is 0 Å². The van der Waals surface area contributed by atoms with E-state index < -0.39 is 9.84 Å². The third kappa shape index (κ3) is 2.39. The van der Waals surface area contributed by atoms with Gasteiger partial charge in [0.2, 0.25) is 11.7 Å². The summed E-state index contributed by atoms with van der Waals surface area (Å²) < 4.78 is 34.4. The van der Waals surface area contributed by atoms with E-state index in [4.69, 9.17) is 9.26 Å². The minimum atomic E-state index is -2.99. The largest absolute Gasteiger partial charge is 0.493 e. The van der Waals surface area contributed by atoms with Crippen LogP contribution < -0.4 is 4.74 Å². The molecule has 2 aromatic rings. The van der Waals surface area contributed by atoms with Crippen LogP contribution >= 0.6 is 0 Å². The van der Waals surface area contributed by atoms with E-state index in [0.717, 1.165) is 29.7 Å². The molecule has 0 amide bonds. The van der Waals surface area contributed by atoms with Gasteiger partial charge in [0.25, 0.3) is 0 Å². The number of hydrogen-bond donors (Lipinski definition) is 0. The Hall–Kier alpha value is -1.89. The van der Waals surface area contributed by atoms with Crippen molar-refractivity contribution in [1.82, 2.24) is 10.1 Å². The highest BCUT2D eigenvalue weighted by Gasteiger charge is 2.33. The number of fused-ring (bicyclic) bond motifs is 1. The van der Waals surface area contributed by atoms with Crippen molar-refractivity contribution in [2.24, 2.45) is 0 Å². The predicted octanol–water partition coefficient (Wildman–Crippen LogP) is 1.79. The Bertz CT molecular complexity index is 813. The summed E-state index contributed by atoms with van der Waals surface area (Å²) in [5.41, 5.74) is 2.01. The maximum atomic E-state index is 11.9. The molecule has 0 bridgehead atoms. The molecule has 3 heterocycles. The van der Waals surface area contributed by atoms with Gasteiger partial charge in [-0.05, 0) is 36.6 Å². The first-order chi connectivity index (χ1) is 10.6. The minimum Gasteiger partial charge on any atom is -0.493 e. The lowest BCUT2D eigenvalue weighted by Crippen LogP contribution is -2.18. The van der Waals surface area contributed by atoms with Crippen molar-refractivity contribution in [3.63, 3.8) is 0 Å². The van der Waals surface area contributed by atoms with Gasteiger partial charge < -0.3 is 9.26 Å². The molecule has 4 rings (SSSR count). The Morgan fingerprint density at radius 1 is 1.32 bits per heavy atom. The van der Waals surface area contributed by atoms with Crippen LogP contribution in [0.4, 0.5) is 0 Å². The zero-order valence-electron chi connectivity index (χ0n) is 12.0. The van der Waals surface area contributed by atoms with Gasteiger partial charge in [0.05, 0.1) is 17.6 Å². The van der Waals surface area contributed by atoms with Gasteiger partial charge in [0, 0.05) is 18.4 Å². The predicted molar refractivity (Wildman–Crippen MR) is 79.4 cm³/mol. The number of sulfone groups is 1. The first-order valence-electron chi connectivity index (χ1n) is 7.42. The second-order valence-corrected chi connectivity index (χ2v) is 8.17. The van der Waals surface area contributed by atoms with Crippen molar-refractivity contribution < 1.29 is 17.7 Å². The van der Waals surface area contributed by atoms with Crippen molar-refractivity contribution in [2.45, 2.75) is 30.9 Å². The lowest BCUT2D eigenvalue weighted by molar-refractivity contribution is 0.357. The van der Waals surface area contributed by atoms with Gasteiger partial charge in [-0.1, -0.05) is 5.16 Å². The lowest BCUT2D eigenvalue weighted by Gasteiger charge is -2.04. The molecule has 1 atom stereocenters. The van der Waals surface area contributed by atoms with Crippen LogP contribution in [0.2, 0.25) is 0 Å². The van der Waals surface area contributed by atoms with Gasteiger partial charge >= 0.3 is 0 Å². The van der Waals surface area contributed by atoms with Gasteiger partial charge in [-0.3, -0.25) is 0 Å². The van der Waals surface area contributed by atoms with E-state index in [-0.39, 0.29) is 11.0 Å². The molecule has 0 saturated carbocycles. The SMILES string of the molecule is O=S1(=O)CCCC1Cc1nc(-c2ccc3c(c2)CCO3)no1. The van der Waals surface area contributed by atoms with Crippen LogP contribution in [0.1, 0.15) is 24.3 Å². The molecule has 2 aliphatic heterocycles. The number of ether oxygens (including phenoxy) is 1. The maximum absolute atomic E-state index is 11.9. The zero-order chi connectivity index (χ0) is 15.2. The van der Waals surface area contributed by atoms with Crippen LogP contribution in [0.3, 0.4) is 0 Å². The molecule has 1 aromatic heterocycles. The molecule has 1 unspecified atom stereocenters. The first-order valence-corrected chi connectivity index (χ1v) is 9.14. The third-order valence-corrected chi connectivity index (χ3v) is 6.56. The van der Waals surface area contributed by atoms with E-state index in [1.165, 1.54) is 0 Å². The van der Waals surface area contributed by atoms with Crippen LogP contribution in [0, 0.1) is 0 Å². The highest BCUT2D eigenvalue weighted by molar-refractivity contribution is 7.92. The monoisotopic (exact) mass is 320 g/mol. The van der Waals surface area contributed by atoms with Gasteiger partial charge in [-0.15, -0.1) is 0 Å². The number of hydrogen-bond acceptors (Lipinski definition) is 6. The van der Waals surface area contributed by atoms with Crippen LogP contribution in [-0.2, 0) is 22.7 Å². The van der Waals surface area contributed by atoms with Crippen molar-refractivity contribution in [2.75, 3.05) is 12.4 Å². The summed E-state index contributed by atoms with van der Waals surface area (Å²) in [6.45, 7) is 0.704. The molecule has 1 saturated heterocycles. The molecule has 6 nitrogen and oxygen atoms in total. The fraction of sp³-hybridized carbons (Fsp3) is 0.467. The highest BCUT2D eigenvalue weighted by atomic mass is 32.2. The van der Waals surface area contributed by atoms with Crippen LogP contribution in [0.25, 0.3) is 11.4 Å². The summed E-state index contributed by atoms with van der Waals surface area (Å²) in [7, 11) is -2.99.